The molecule has 0 saturated heterocycles. The van der Waals surface area contributed by atoms with Gasteiger partial charge < -0.3 is 10.2 Å². The molecule has 2 amide bonds. The number of aromatic nitrogens is 2. The minimum Gasteiger partial charge on any atom is -0.339 e. The third-order valence-corrected chi connectivity index (χ3v) is 4.28. The van der Waals surface area contributed by atoms with Crippen LogP contribution in [0.5, 0.6) is 0 Å². The molecule has 138 valence electrons. The van der Waals surface area contributed by atoms with Crippen molar-refractivity contribution in [3.05, 3.63) is 76.3 Å². The van der Waals surface area contributed by atoms with E-state index in [0.29, 0.717) is 30.0 Å². The van der Waals surface area contributed by atoms with E-state index in [1.165, 1.54) is 10.6 Å². The van der Waals surface area contributed by atoms with Gasteiger partial charge in [0.05, 0.1) is 0 Å². The highest BCUT2D eigenvalue weighted by Crippen LogP contribution is 2.14. The van der Waals surface area contributed by atoms with E-state index in [9.17, 15) is 14.4 Å². The lowest BCUT2D eigenvalue weighted by molar-refractivity contribution is 0.0772. The molecule has 0 fully saturated rings. The number of hydrogen-bond acceptors (Lipinski definition) is 4. The van der Waals surface area contributed by atoms with Crippen LogP contribution in [0.3, 0.4) is 0 Å². The molecule has 0 unspecified atom stereocenters. The summed E-state index contributed by atoms with van der Waals surface area (Å²) in [5, 5.41) is 2.67. The summed E-state index contributed by atoms with van der Waals surface area (Å²) in [5.41, 5.74) is 0.860. The number of anilines is 1. The molecule has 1 aromatic carbocycles. The van der Waals surface area contributed by atoms with Crippen LogP contribution in [0.15, 0.2) is 59.7 Å². The Bertz CT molecular complexity index is 1050. The van der Waals surface area contributed by atoms with Crippen LogP contribution in [-0.2, 0) is 0 Å². The molecule has 0 bridgehead atoms. The number of nitrogens with zero attached hydrogens (tertiary/aromatic N) is 3. The van der Waals surface area contributed by atoms with Crippen molar-refractivity contribution < 1.29 is 9.59 Å². The van der Waals surface area contributed by atoms with Gasteiger partial charge in [-0.25, -0.2) is 4.98 Å². The van der Waals surface area contributed by atoms with Crippen molar-refractivity contribution in [2.24, 2.45) is 0 Å². The summed E-state index contributed by atoms with van der Waals surface area (Å²) in [4.78, 5) is 43.3. The van der Waals surface area contributed by atoms with Crippen molar-refractivity contribution >= 4 is 23.1 Å². The van der Waals surface area contributed by atoms with E-state index < -0.39 is 11.5 Å². The van der Waals surface area contributed by atoms with E-state index in [1.807, 2.05) is 13.8 Å². The molecule has 0 aliphatic rings. The fourth-order valence-electron chi connectivity index (χ4n) is 2.80. The van der Waals surface area contributed by atoms with Crippen LogP contribution in [0.1, 0.15) is 34.6 Å². The fraction of sp³-hybridized carbons (Fsp3) is 0.200. The van der Waals surface area contributed by atoms with Gasteiger partial charge in [0.15, 0.2) is 0 Å². The molecule has 7 heteroatoms. The molecule has 27 heavy (non-hydrogen) atoms. The summed E-state index contributed by atoms with van der Waals surface area (Å²) in [6.07, 6.45) is 2.82. The quantitative estimate of drug-likeness (QED) is 0.754. The van der Waals surface area contributed by atoms with Crippen molar-refractivity contribution in [3.8, 4) is 0 Å². The van der Waals surface area contributed by atoms with Crippen LogP contribution in [0, 0.1) is 0 Å². The average molecular weight is 364 g/mol. The maximum Gasteiger partial charge on any atom is 0.270 e. The molecule has 0 atom stereocenters. The Balaban J connectivity index is 1.87. The zero-order valence-electron chi connectivity index (χ0n) is 15.2. The molecule has 2 aromatic heterocycles. The Labute approximate surface area is 156 Å². The minimum atomic E-state index is -0.571. The zero-order chi connectivity index (χ0) is 19.4. The van der Waals surface area contributed by atoms with Crippen molar-refractivity contribution in [1.82, 2.24) is 14.3 Å². The summed E-state index contributed by atoms with van der Waals surface area (Å²) in [5.74, 6) is -0.679. The molecule has 0 aliphatic heterocycles. The Morgan fingerprint density at radius 1 is 1.11 bits per heavy atom. The Morgan fingerprint density at radius 3 is 2.63 bits per heavy atom. The van der Waals surface area contributed by atoms with Gasteiger partial charge >= 0.3 is 0 Å². The maximum atomic E-state index is 12.5. The SMILES string of the molecule is CCN(CC)C(=O)c1cccc(NC(=O)c2cnc3ccccn3c2=O)c1. The first-order chi connectivity index (χ1) is 13.0. The lowest BCUT2D eigenvalue weighted by Gasteiger charge is -2.19. The second-order valence-corrected chi connectivity index (χ2v) is 5.92. The number of carbonyl (C=O) groups excluding carboxylic acids is 2. The Hall–Kier alpha value is -3.48. The predicted octanol–water partition coefficient (Wildman–Crippen LogP) is 2.43. The molecule has 1 N–H and O–H groups in total. The highest BCUT2D eigenvalue weighted by atomic mass is 16.2. The lowest BCUT2D eigenvalue weighted by Crippen LogP contribution is -2.30. The summed E-state index contributed by atoms with van der Waals surface area (Å²) in [7, 11) is 0. The minimum absolute atomic E-state index is 0.0702. The van der Waals surface area contributed by atoms with Crippen LogP contribution in [0.25, 0.3) is 5.65 Å². The van der Waals surface area contributed by atoms with Gasteiger partial charge in [-0.3, -0.25) is 18.8 Å². The highest BCUT2D eigenvalue weighted by molar-refractivity contribution is 6.04. The molecule has 2 heterocycles. The molecule has 0 radical (unpaired) electrons. The third-order valence-electron chi connectivity index (χ3n) is 4.28. The first kappa shape index (κ1) is 18.3. The van der Waals surface area contributed by atoms with Crippen molar-refractivity contribution in [2.45, 2.75) is 13.8 Å². The normalized spacial score (nSPS) is 10.6. The standard InChI is InChI=1S/C20H20N4O3/c1-3-23(4-2)19(26)14-8-7-9-15(12-14)22-18(25)16-13-21-17-10-5-6-11-24(17)20(16)27/h5-13H,3-4H2,1-2H3,(H,22,25). The Kier molecular flexibility index (Phi) is 5.30. The monoisotopic (exact) mass is 364 g/mol. The van der Waals surface area contributed by atoms with E-state index in [0.717, 1.165) is 0 Å². The van der Waals surface area contributed by atoms with Crippen LogP contribution in [0.2, 0.25) is 0 Å². The second kappa shape index (κ2) is 7.82. The smallest absolute Gasteiger partial charge is 0.270 e. The highest BCUT2D eigenvalue weighted by Gasteiger charge is 2.16. The third kappa shape index (κ3) is 3.72. The van der Waals surface area contributed by atoms with Gasteiger partial charge in [0.1, 0.15) is 11.2 Å². The van der Waals surface area contributed by atoms with E-state index in [4.69, 9.17) is 0 Å². The van der Waals surface area contributed by atoms with Crippen molar-refractivity contribution in [3.63, 3.8) is 0 Å². The van der Waals surface area contributed by atoms with Gasteiger partial charge in [-0.05, 0) is 44.2 Å². The largest absolute Gasteiger partial charge is 0.339 e. The van der Waals surface area contributed by atoms with Gasteiger partial charge in [0.2, 0.25) is 0 Å². The van der Waals surface area contributed by atoms with Crippen molar-refractivity contribution in [1.29, 1.82) is 0 Å². The number of benzene rings is 1. The second-order valence-electron chi connectivity index (χ2n) is 5.92. The summed E-state index contributed by atoms with van der Waals surface area (Å²) in [6.45, 7) is 5.03. The van der Waals surface area contributed by atoms with Crippen LogP contribution >= 0.6 is 0 Å². The lowest BCUT2D eigenvalue weighted by atomic mass is 10.1. The molecule has 0 saturated carbocycles. The summed E-state index contributed by atoms with van der Waals surface area (Å²) >= 11 is 0. The first-order valence-corrected chi connectivity index (χ1v) is 8.72. The van der Waals surface area contributed by atoms with Crippen LogP contribution in [0.4, 0.5) is 5.69 Å². The molecule has 3 aromatic rings. The Morgan fingerprint density at radius 2 is 1.89 bits per heavy atom. The number of nitrogens with one attached hydrogen (secondary N) is 1. The van der Waals surface area contributed by atoms with E-state index in [2.05, 4.69) is 10.3 Å². The molecule has 0 spiro atoms. The number of fused-ring (bicyclic) bond motifs is 1. The van der Waals surface area contributed by atoms with Gasteiger partial charge in [-0.15, -0.1) is 0 Å². The fourth-order valence-corrected chi connectivity index (χ4v) is 2.80. The van der Waals surface area contributed by atoms with Crippen LogP contribution < -0.4 is 10.9 Å². The summed E-state index contributed by atoms with van der Waals surface area (Å²) < 4.78 is 1.31. The molecule has 3 rings (SSSR count). The number of hydrogen-bond donors (Lipinski definition) is 1. The topological polar surface area (TPSA) is 83.8 Å². The molecular weight excluding hydrogens is 344 g/mol. The average Bonchev–Trinajstić information content (AvgIpc) is 2.69. The number of amides is 2. The van der Waals surface area contributed by atoms with Gasteiger partial charge in [-0.2, -0.15) is 0 Å². The summed E-state index contributed by atoms with van der Waals surface area (Å²) in [6, 6.07) is 11.8. The maximum absolute atomic E-state index is 12.5. The molecular formula is C20H20N4O3. The number of pyridine rings is 1. The van der Waals surface area contributed by atoms with Crippen LogP contribution in [-0.4, -0.2) is 39.2 Å². The van der Waals surface area contributed by atoms with Gasteiger partial charge in [0.25, 0.3) is 17.4 Å². The van der Waals surface area contributed by atoms with Crippen molar-refractivity contribution in [2.75, 3.05) is 18.4 Å². The van der Waals surface area contributed by atoms with E-state index in [1.54, 1.807) is 53.6 Å². The predicted molar refractivity (Wildman–Crippen MR) is 103 cm³/mol. The zero-order valence-corrected chi connectivity index (χ0v) is 15.2. The van der Waals surface area contributed by atoms with Gasteiger partial charge in [0, 0.05) is 36.7 Å². The molecule has 0 aliphatic carbocycles. The van der Waals surface area contributed by atoms with Gasteiger partial charge in [-0.1, -0.05) is 12.1 Å². The van der Waals surface area contributed by atoms with E-state index in [-0.39, 0.29) is 11.5 Å². The number of carbonyl (C=O) groups is 2. The molecule has 7 nitrogen and oxygen atoms in total. The first-order valence-electron chi connectivity index (χ1n) is 8.72. The number of rotatable bonds is 5. The van der Waals surface area contributed by atoms with E-state index >= 15 is 0 Å².